The van der Waals surface area contributed by atoms with Crippen LogP contribution in [0.25, 0.3) is 11.4 Å². The lowest BCUT2D eigenvalue weighted by atomic mass is 10.1. The van der Waals surface area contributed by atoms with E-state index in [4.69, 9.17) is 4.74 Å². The first-order valence-electron chi connectivity index (χ1n) is 10.9. The number of ether oxygens (including phenoxy) is 1. The van der Waals surface area contributed by atoms with Gasteiger partial charge in [-0.2, -0.15) is 0 Å². The number of aromatic nitrogens is 3. The van der Waals surface area contributed by atoms with E-state index < -0.39 is 0 Å². The summed E-state index contributed by atoms with van der Waals surface area (Å²) in [5.74, 6) is 0.487. The van der Waals surface area contributed by atoms with Crippen LogP contribution in [0.3, 0.4) is 0 Å². The summed E-state index contributed by atoms with van der Waals surface area (Å²) in [7, 11) is 1.74. The van der Waals surface area contributed by atoms with Crippen LogP contribution in [0.15, 0.2) is 47.6 Å². The van der Waals surface area contributed by atoms with E-state index in [0.29, 0.717) is 29.5 Å². The third-order valence-corrected chi connectivity index (χ3v) is 7.01. The van der Waals surface area contributed by atoms with Gasteiger partial charge in [-0.1, -0.05) is 11.8 Å². The van der Waals surface area contributed by atoms with Crippen LogP contribution in [0.5, 0.6) is 0 Å². The zero-order chi connectivity index (χ0) is 22.9. The first-order valence-corrected chi connectivity index (χ1v) is 11.8. The summed E-state index contributed by atoms with van der Waals surface area (Å²) in [4.78, 5) is 26.5. The number of nitrogens with zero attached hydrogens (tertiary/aromatic N) is 4. The first kappa shape index (κ1) is 21.8. The van der Waals surface area contributed by atoms with Crippen LogP contribution in [0.1, 0.15) is 28.8 Å². The molecule has 0 N–H and O–H groups in total. The second kappa shape index (κ2) is 9.07. The van der Waals surface area contributed by atoms with E-state index in [2.05, 4.69) is 10.2 Å². The fourth-order valence-electron chi connectivity index (χ4n) is 4.22. The number of halogens is 1. The molecule has 1 aromatic heterocycles. The minimum absolute atomic E-state index is 0.0273. The Balaban J connectivity index is 1.35. The fraction of sp³-hybridized carbons (Fsp3) is 0.333. The van der Waals surface area contributed by atoms with Gasteiger partial charge in [0.05, 0.1) is 24.8 Å². The number of Topliss-reactive ketones (excluding diaryl/α,β-unsaturated/α-hetero) is 1. The predicted octanol–water partition coefficient (Wildman–Crippen LogP) is 3.76. The number of hydrogen-bond acceptors (Lipinski definition) is 6. The lowest BCUT2D eigenvalue weighted by Gasteiger charge is -2.14. The normalized spacial score (nSPS) is 17.6. The molecule has 170 valence electrons. The third kappa shape index (κ3) is 4.43. The van der Waals surface area contributed by atoms with Gasteiger partial charge in [0, 0.05) is 30.5 Å². The van der Waals surface area contributed by atoms with Crippen molar-refractivity contribution in [2.45, 2.75) is 37.1 Å². The van der Waals surface area contributed by atoms with Crippen LogP contribution in [0, 0.1) is 5.82 Å². The van der Waals surface area contributed by atoms with Gasteiger partial charge in [0.15, 0.2) is 16.8 Å². The largest absolute Gasteiger partial charge is 0.376 e. The molecule has 1 amide bonds. The van der Waals surface area contributed by atoms with Gasteiger partial charge in [-0.15, -0.1) is 10.2 Å². The molecule has 9 heteroatoms. The van der Waals surface area contributed by atoms with Gasteiger partial charge in [-0.25, -0.2) is 4.39 Å². The van der Waals surface area contributed by atoms with E-state index in [1.807, 2.05) is 10.6 Å². The summed E-state index contributed by atoms with van der Waals surface area (Å²) in [6.07, 6.45) is 2.33. The molecular formula is C24H23FN4O3S. The molecule has 0 unspecified atom stereocenters. The van der Waals surface area contributed by atoms with E-state index in [0.717, 1.165) is 36.3 Å². The van der Waals surface area contributed by atoms with Crippen molar-refractivity contribution < 1.29 is 18.7 Å². The van der Waals surface area contributed by atoms with Crippen LogP contribution in [-0.2, 0) is 22.5 Å². The number of anilines is 1. The molecule has 1 fully saturated rings. The van der Waals surface area contributed by atoms with Gasteiger partial charge in [-0.3, -0.25) is 14.2 Å². The highest BCUT2D eigenvalue weighted by Crippen LogP contribution is 2.30. The van der Waals surface area contributed by atoms with Crippen LogP contribution in [0.4, 0.5) is 10.1 Å². The highest BCUT2D eigenvalue weighted by atomic mass is 32.2. The highest BCUT2D eigenvalue weighted by molar-refractivity contribution is 7.99. The van der Waals surface area contributed by atoms with Crippen molar-refractivity contribution in [3.63, 3.8) is 0 Å². The molecule has 1 atom stereocenters. The number of rotatable bonds is 7. The Morgan fingerprint density at radius 1 is 1.21 bits per heavy atom. The van der Waals surface area contributed by atoms with Gasteiger partial charge in [0.25, 0.3) is 0 Å². The number of thioether (sulfide) groups is 1. The molecule has 0 bridgehead atoms. The van der Waals surface area contributed by atoms with Crippen molar-refractivity contribution in [1.82, 2.24) is 14.8 Å². The zero-order valence-electron chi connectivity index (χ0n) is 18.2. The number of carbonyl (C=O) groups excluding carboxylic acids is 2. The lowest BCUT2D eigenvalue weighted by molar-refractivity contribution is -0.117. The van der Waals surface area contributed by atoms with Gasteiger partial charge in [-0.05, 0) is 60.9 Å². The number of hydrogen-bond donors (Lipinski definition) is 0. The van der Waals surface area contributed by atoms with E-state index >= 15 is 0 Å². The molecule has 2 aliphatic heterocycles. The van der Waals surface area contributed by atoms with Crippen LogP contribution in [0.2, 0.25) is 0 Å². The summed E-state index contributed by atoms with van der Waals surface area (Å²) in [6.45, 7) is 1.30. The van der Waals surface area contributed by atoms with Gasteiger partial charge >= 0.3 is 0 Å². The summed E-state index contributed by atoms with van der Waals surface area (Å²) >= 11 is 1.32. The topological polar surface area (TPSA) is 77.3 Å². The van der Waals surface area contributed by atoms with Crippen LogP contribution < -0.4 is 4.90 Å². The SMILES string of the molecule is CN1C(=O)Cc2cc(C(=O)CSc3nnc(-c4ccc(F)cc4)n3C[C@@H]3CCCO3)ccc21. The standard InChI is InChI=1S/C24H23FN4O3S/c1-28-20-9-6-16(11-17(20)12-22(28)31)21(30)14-33-24-27-26-23(15-4-7-18(25)8-5-15)29(24)13-19-3-2-10-32-19/h4-9,11,19H,2-3,10,12-14H2,1H3/t19-/m0/s1. The Kier molecular flexibility index (Phi) is 5.99. The smallest absolute Gasteiger partial charge is 0.231 e. The number of fused-ring (bicyclic) bond motifs is 1. The molecule has 7 nitrogen and oxygen atoms in total. The monoisotopic (exact) mass is 466 g/mol. The minimum Gasteiger partial charge on any atom is -0.376 e. The molecule has 0 spiro atoms. The van der Waals surface area contributed by atoms with Crippen molar-refractivity contribution in [2.24, 2.45) is 0 Å². The maximum atomic E-state index is 13.4. The number of ketones is 1. The Morgan fingerprint density at radius 3 is 2.79 bits per heavy atom. The molecular weight excluding hydrogens is 443 g/mol. The maximum absolute atomic E-state index is 13.4. The highest BCUT2D eigenvalue weighted by Gasteiger charge is 2.26. The van der Waals surface area contributed by atoms with E-state index in [9.17, 15) is 14.0 Å². The zero-order valence-corrected chi connectivity index (χ0v) is 19.0. The van der Waals surface area contributed by atoms with Crippen molar-refractivity contribution in [1.29, 1.82) is 0 Å². The molecule has 0 radical (unpaired) electrons. The summed E-state index contributed by atoms with van der Waals surface area (Å²) < 4.78 is 21.2. The number of amides is 1. The molecule has 1 saturated heterocycles. The molecule has 3 heterocycles. The second-order valence-electron chi connectivity index (χ2n) is 8.24. The third-order valence-electron chi connectivity index (χ3n) is 6.04. The lowest BCUT2D eigenvalue weighted by Crippen LogP contribution is -2.20. The van der Waals surface area contributed by atoms with Crippen molar-refractivity contribution in [3.8, 4) is 11.4 Å². The molecule has 0 saturated carbocycles. The van der Waals surface area contributed by atoms with Gasteiger partial charge in [0.2, 0.25) is 5.91 Å². The van der Waals surface area contributed by atoms with Crippen molar-refractivity contribution in [2.75, 3.05) is 24.3 Å². The number of benzene rings is 2. The van der Waals surface area contributed by atoms with Crippen molar-refractivity contribution >= 4 is 29.1 Å². The Hall–Kier alpha value is -3.04. The van der Waals surface area contributed by atoms with Crippen LogP contribution in [-0.4, -0.2) is 52.0 Å². The Bertz CT molecular complexity index is 1200. The number of likely N-dealkylation sites (N-methyl/N-ethyl adjacent to an activating group) is 1. The van der Waals surface area contributed by atoms with Crippen LogP contribution >= 0.6 is 11.8 Å². The quantitative estimate of drug-likeness (QED) is 0.390. The van der Waals surface area contributed by atoms with Crippen molar-refractivity contribution in [3.05, 3.63) is 59.4 Å². The minimum atomic E-state index is -0.314. The molecule has 3 aromatic rings. The molecule has 0 aliphatic carbocycles. The van der Waals surface area contributed by atoms with Gasteiger partial charge < -0.3 is 9.64 Å². The molecule has 2 aromatic carbocycles. The predicted molar refractivity (Wildman–Crippen MR) is 123 cm³/mol. The second-order valence-corrected chi connectivity index (χ2v) is 9.19. The fourth-order valence-corrected chi connectivity index (χ4v) is 5.06. The summed E-state index contributed by atoms with van der Waals surface area (Å²) in [6, 6.07) is 11.5. The Morgan fingerprint density at radius 2 is 2.03 bits per heavy atom. The molecule has 5 rings (SSSR count). The number of carbonyl (C=O) groups is 2. The first-order chi connectivity index (χ1) is 16.0. The average Bonchev–Trinajstić information content (AvgIpc) is 3.54. The molecule has 2 aliphatic rings. The molecule has 33 heavy (non-hydrogen) atoms. The van der Waals surface area contributed by atoms with E-state index in [1.54, 1.807) is 36.2 Å². The van der Waals surface area contributed by atoms with E-state index in [-0.39, 0.29) is 29.4 Å². The summed E-state index contributed by atoms with van der Waals surface area (Å²) in [5.41, 5.74) is 3.06. The summed E-state index contributed by atoms with van der Waals surface area (Å²) in [5, 5.41) is 9.28. The average molecular weight is 467 g/mol. The Labute approximate surface area is 194 Å². The van der Waals surface area contributed by atoms with E-state index in [1.165, 1.54) is 23.9 Å². The van der Waals surface area contributed by atoms with Gasteiger partial charge in [0.1, 0.15) is 5.82 Å². The maximum Gasteiger partial charge on any atom is 0.231 e.